The Morgan fingerprint density at radius 2 is 2.41 bits per heavy atom. The molecule has 1 fully saturated rings. The average Bonchev–Trinajstić information content (AvgIpc) is 2.37. The highest BCUT2D eigenvalue weighted by Gasteiger charge is 2.39. The molecule has 0 amide bonds. The molecule has 1 aliphatic carbocycles. The number of aliphatic hydroxyl groups is 1. The van der Waals surface area contributed by atoms with Crippen LogP contribution in [0.1, 0.15) is 35.4 Å². The summed E-state index contributed by atoms with van der Waals surface area (Å²) in [6.07, 6.45) is 3.24. The van der Waals surface area contributed by atoms with Crippen molar-refractivity contribution in [3.8, 4) is 5.75 Å². The zero-order valence-electron chi connectivity index (χ0n) is 12.8. The van der Waals surface area contributed by atoms with Gasteiger partial charge in [0, 0.05) is 16.6 Å². The molecule has 0 radical (unpaired) electrons. The predicted octanol–water partition coefficient (Wildman–Crippen LogP) is 1.99. The number of hydrogen-bond donors (Lipinski definition) is 3. The highest BCUT2D eigenvalue weighted by Crippen LogP contribution is 2.42. The van der Waals surface area contributed by atoms with E-state index < -0.39 is 12.6 Å². The van der Waals surface area contributed by atoms with E-state index in [1.54, 1.807) is 24.3 Å². The number of hydrogen-bond acceptors (Lipinski definition) is 3. The Balaban J connectivity index is 2.20. The number of rotatable bonds is 3. The van der Waals surface area contributed by atoms with Gasteiger partial charge in [0.1, 0.15) is 5.75 Å². The van der Waals surface area contributed by atoms with Crippen molar-refractivity contribution in [3.63, 3.8) is 0 Å². The molecule has 1 aromatic carbocycles. The van der Waals surface area contributed by atoms with Crippen LogP contribution in [0.5, 0.6) is 5.75 Å². The van der Waals surface area contributed by atoms with Gasteiger partial charge < -0.3 is 15.5 Å². The van der Waals surface area contributed by atoms with Crippen LogP contribution in [0.4, 0.5) is 0 Å². The lowest BCUT2D eigenvalue weighted by atomic mass is 9.71. The summed E-state index contributed by atoms with van der Waals surface area (Å²) in [5, 5.41) is 23.1. The quantitative estimate of drug-likeness (QED) is 0.755. The Bertz CT molecular complexity index is 464. The molecule has 94 valence electrons. The van der Waals surface area contributed by atoms with Gasteiger partial charge in [-0.15, -0.1) is 0 Å². The lowest BCUT2D eigenvalue weighted by molar-refractivity contribution is -0.0531. The molecule has 1 aliphatic rings. The smallest absolute Gasteiger partial charge is 0.115 e. The molecule has 0 unspecified atom stereocenters. The van der Waals surface area contributed by atoms with Crippen molar-refractivity contribution in [3.05, 3.63) is 29.8 Å². The van der Waals surface area contributed by atoms with Gasteiger partial charge in [-0.05, 0) is 37.5 Å². The van der Waals surface area contributed by atoms with Crippen LogP contribution in [0.2, 0.25) is 0 Å². The summed E-state index contributed by atoms with van der Waals surface area (Å²) < 4.78 is 21.7. The third-order valence-electron chi connectivity index (χ3n) is 3.73. The molecule has 0 bridgehead atoms. The molecule has 0 saturated heterocycles. The topological polar surface area (TPSA) is 52.5 Å². The van der Waals surface area contributed by atoms with Gasteiger partial charge in [-0.1, -0.05) is 25.0 Å². The minimum absolute atomic E-state index is 0.115. The molecule has 1 aromatic rings. The van der Waals surface area contributed by atoms with Gasteiger partial charge in [0.15, 0.2) is 0 Å². The fraction of sp³-hybridized carbons (Fsp3) is 0.571. The maximum absolute atomic E-state index is 11.0. The Kier molecular flexibility index (Phi) is 2.67. The van der Waals surface area contributed by atoms with Crippen molar-refractivity contribution >= 4 is 0 Å². The SMILES string of the molecule is [2H]C([2H])([2H])NC[C@@H]1CCCC[C@@]1(O)c1cccc(O)c1. The highest BCUT2D eigenvalue weighted by atomic mass is 16.3. The third kappa shape index (κ3) is 2.45. The Labute approximate surface area is 107 Å². The van der Waals surface area contributed by atoms with Crippen LogP contribution >= 0.6 is 0 Å². The van der Waals surface area contributed by atoms with Crippen LogP contribution in [0.25, 0.3) is 0 Å². The minimum Gasteiger partial charge on any atom is -0.508 e. The van der Waals surface area contributed by atoms with Crippen LogP contribution in [0.15, 0.2) is 24.3 Å². The maximum Gasteiger partial charge on any atom is 0.115 e. The monoisotopic (exact) mass is 238 g/mol. The van der Waals surface area contributed by atoms with Gasteiger partial charge in [0.2, 0.25) is 0 Å². The zero-order valence-corrected chi connectivity index (χ0v) is 9.82. The van der Waals surface area contributed by atoms with Crippen molar-refractivity contribution in [1.29, 1.82) is 0 Å². The van der Waals surface area contributed by atoms with Crippen molar-refractivity contribution < 1.29 is 14.3 Å². The van der Waals surface area contributed by atoms with E-state index in [4.69, 9.17) is 4.11 Å². The first kappa shape index (κ1) is 8.95. The number of nitrogens with one attached hydrogen (secondary N) is 1. The average molecular weight is 238 g/mol. The molecule has 1 saturated carbocycles. The van der Waals surface area contributed by atoms with Crippen molar-refractivity contribution in [2.24, 2.45) is 5.92 Å². The molecule has 0 spiro atoms. The summed E-state index contributed by atoms with van der Waals surface area (Å²) in [5.41, 5.74) is -0.413. The van der Waals surface area contributed by atoms with Gasteiger partial charge in [0.05, 0.1) is 5.60 Å². The molecular weight excluding hydrogens is 214 g/mol. The van der Waals surface area contributed by atoms with Crippen LogP contribution in [0.3, 0.4) is 0 Å². The summed E-state index contributed by atoms with van der Waals surface area (Å²) in [6, 6.07) is 6.61. The number of aromatic hydroxyl groups is 1. The number of phenolic OH excluding ortho intramolecular Hbond substituents is 1. The normalized spacial score (nSPS) is 32.5. The molecule has 3 N–H and O–H groups in total. The first-order valence-electron chi connectivity index (χ1n) is 7.58. The predicted molar refractivity (Wildman–Crippen MR) is 67.9 cm³/mol. The van der Waals surface area contributed by atoms with E-state index in [0.717, 1.165) is 19.3 Å². The third-order valence-corrected chi connectivity index (χ3v) is 3.73. The summed E-state index contributed by atoms with van der Waals surface area (Å²) in [7, 11) is 0. The van der Waals surface area contributed by atoms with Crippen molar-refractivity contribution in [1.82, 2.24) is 5.32 Å². The number of phenols is 1. The van der Waals surface area contributed by atoms with Gasteiger partial charge in [-0.3, -0.25) is 0 Å². The molecule has 17 heavy (non-hydrogen) atoms. The van der Waals surface area contributed by atoms with Crippen LogP contribution in [-0.4, -0.2) is 23.7 Å². The van der Waals surface area contributed by atoms with E-state index in [0.29, 0.717) is 12.0 Å². The molecule has 3 nitrogen and oxygen atoms in total. The number of benzene rings is 1. The molecule has 2 rings (SSSR count). The first-order chi connectivity index (χ1) is 9.31. The fourth-order valence-electron chi connectivity index (χ4n) is 2.78. The summed E-state index contributed by atoms with van der Waals surface area (Å²) >= 11 is 0. The molecule has 2 atom stereocenters. The van der Waals surface area contributed by atoms with E-state index in [1.807, 2.05) is 0 Å². The standard InChI is InChI=1S/C14H21NO2/c1-15-10-12-5-2-3-8-14(12,17)11-6-4-7-13(16)9-11/h4,6-7,9,12,15-17H,2-3,5,8,10H2,1H3/t12-,14+/m0/s1/i1D3. The van der Waals surface area contributed by atoms with E-state index in [2.05, 4.69) is 5.32 Å². The summed E-state index contributed by atoms with van der Waals surface area (Å²) in [5.74, 6) is -0.0532. The molecular formula is C14H21NO2. The van der Waals surface area contributed by atoms with Crippen molar-refractivity contribution in [2.45, 2.75) is 31.3 Å². The Morgan fingerprint density at radius 3 is 3.18 bits per heavy atom. The largest absolute Gasteiger partial charge is 0.508 e. The second-order valence-electron chi connectivity index (χ2n) is 4.80. The van der Waals surface area contributed by atoms with E-state index >= 15 is 0 Å². The second-order valence-corrected chi connectivity index (χ2v) is 4.80. The van der Waals surface area contributed by atoms with Crippen LogP contribution in [0, 0.1) is 5.92 Å². The maximum atomic E-state index is 11.0. The summed E-state index contributed by atoms with van der Waals surface area (Å²) in [6.45, 7) is -1.96. The lowest BCUT2D eigenvalue weighted by Crippen LogP contribution is -2.42. The minimum atomic E-state index is -2.20. The Morgan fingerprint density at radius 1 is 1.53 bits per heavy atom. The zero-order chi connectivity index (χ0) is 14.8. The van der Waals surface area contributed by atoms with E-state index in [1.165, 1.54) is 0 Å². The Hall–Kier alpha value is -1.06. The molecule has 0 aromatic heterocycles. The van der Waals surface area contributed by atoms with Gasteiger partial charge in [-0.25, -0.2) is 0 Å². The van der Waals surface area contributed by atoms with E-state index in [-0.39, 0.29) is 18.2 Å². The van der Waals surface area contributed by atoms with Gasteiger partial charge >= 0.3 is 0 Å². The second kappa shape index (κ2) is 5.07. The molecule has 0 heterocycles. The van der Waals surface area contributed by atoms with Gasteiger partial charge in [-0.2, -0.15) is 0 Å². The first-order valence-corrected chi connectivity index (χ1v) is 6.08. The molecule has 0 aliphatic heterocycles. The lowest BCUT2D eigenvalue weighted by Gasteiger charge is -2.40. The molecule has 3 heteroatoms. The van der Waals surface area contributed by atoms with E-state index in [9.17, 15) is 10.2 Å². The summed E-state index contributed by atoms with van der Waals surface area (Å²) in [4.78, 5) is 0. The van der Waals surface area contributed by atoms with Gasteiger partial charge in [0.25, 0.3) is 0 Å². The fourth-order valence-corrected chi connectivity index (χ4v) is 2.78. The van der Waals surface area contributed by atoms with Crippen molar-refractivity contribution in [2.75, 3.05) is 13.5 Å². The highest BCUT2D eigenvalue weighted by molar-refractivity contribution is 5.32. The van der Waals surface area contributed by atoms with Crippen LogP contribution in [-0.2, 0) is 5.60 Å². The van der Waals surface area contributed by atoms with Crippen LogP contribution < -0.4 is 5.32 Å².